The number of piperidine rings is 1. The first kappa shape index (κ1) is 20.6. The highest BCUT2D eigenvalue weighted by atomic mass is 19.1. The maximum absolute atomic E-state index is 13.5. The van der Waals surface area contributed by atoms with Crippen molar-refractivity contribution >= 4 is 17.7 Å². The van der Waals surface area contributed by atoms with Gasteiger partial charge in [-0.2, -0.15) is 5.26 Å². The number of nitrogens with zero attached hydrogens (tertiary/aromatic N) is 4. The lowest BCUT2D eigenvalue weighted by Crippen LogP contribution is -2.52. The van der Waals surface area contributed by atoms with E-state index >= 15 is 0 Å². The largest absolute Gasteiger partial charge is 0.333 e. The molecule has 33 heavy (non-hydrogen) atoms. The molecule has 3 amide bonds. The van der Waals surface area contributed by atoms with Crippen LogP contribution in [-0.2, 0) is 23.2 Å². The van der Waals surface area contributed by atoms with Crippen LogP contribution < -0.4 is 5.32 Å². The summed E-state index contributed by atoms with van der Waals surface area (Å²) >= 11 is 0. The van der Waals surface area contributed by atoms with E-state index in [4.69, 9.17) is 0 Å². The fourth-order valence-electron chi connectivity index (χ4n) is 4.39. The molecule has 1 fully saturated rings. The smallest absolute Gasteiger partial charge is 0.255 e. The lowest BCUT2D eigenvalue weighted by molar-refractivity contribution is -0.136. The van der Waals surface area contributed by atoms with Gasteiger partial charge in [-0.3, -0.25) is 19.7 Å². The molecule has 2 aliphatic rings. The van der Waals surface area contributed by atoms with Crippen LogP contribution in [0.15, 0.2) is 42.6 Å². The van der Waals surface area contributed by atoms with Crippen LogP contribution in [0.5, 0.6) is 0 Å². The average Bonchev–Trinajstić information content (AvgIpc) is 3.33. The van der Waals surface area contributed by atoms with Crippen molar-refractivity contribution in [1.29, 1.82) is 5.26 Å². The Morgan fingerprint density at radius 1 is 1.15 bits per heavy atom. The SMILES string of the molecule is Cn1cc(-c2ccc3c(c2)CN(C2CCC(=O)NC2=O)C3=O)nc1-c1ccc(F)cc1C#N. The second-order valence-corrected chi connectivity index (χ2v) is 8.13. The van der Waals surface area contributed by atoms with E-state index in [1.54, 1.807) is 29.9 Å². The molecule has 3 aromatic rings. The summed E-state index contributed by atoms with van der Waals surface area (Å²) in [4.78, 5) is 42.7. The summed E-state index contributed by atoms with van der Waals surface area (Å²) in [6, 6.07) is 10.7. The van der Waals surface area contributed by atoms with Crippen LogP contribution >= 0.6 is 0 Å². The van der Waals surface area contributed by atoms with Crippen LogP contribution in [0.4, 0.5) is 4.39 Å². The van der Waals surface area contributed by atoms with Gasteiger partial charge in [0.1, 0.15) is 17.7 Å². The maximum atomic E-state index is 13.5. The van der Waals surface area contributed by atoms with E-state index in [9.17, 15) is 24.0 Å². The number of imide groups is 1. The third-order valence-corrected chi connectivity index (χ3v) is 6.04. The Bertz CT molecular complexity index is 1390. The van der Waals surface area contributed by atoms with Gasteiger partial charge < -0.3 is 9.47 Å². The van der Waals surface area contributed by atoms with E-state index in [1.807, 2.05) is 12.1 Å². The average molecular weight is 443 g/mol. The molecule has 3 heterocycles. The van der Waals surface area contributed by atoms with E-state index < -0.39 is 17.8 Å². The molecule has 5 rings (SSSR count). The van der Waals surface area contributed by atoms with Crippen molar-refractivity contribution in [2.24, 2.45) is 7.05 Å². The first-order valence-electron chi connectivity index (χ1n) is 10.4. The number of carbonyl (C=O) groups is 3. The summed E-state index contributed by atoms with van der Waals surface area (Å²) in [7, 11) is 1.79. The lowest BCUT2D eigenvalue weighted by atomic mass is 10.0. The number of aromatic nitrogens is 2. The Morgan fingerprint density at radius 3 is 2.70 bits per heavy atom. The van der Waals surface area contributed by atoms with Gasteiger partial charge in [0.2, 0.25) is 11.8 Å². The van der Waals surface area contributed by atoms with Crippen LogP contribution in [-0.4, -0.2) is 38.2 Å². The minimum Gasteiger partial charge on any atom is -0.333 e. The van der Waals surface area contributed by atoms with Crippen LogP contribution in [0.25, 0.3) is 22.6 Å². The molecule has 1 unspecified atom stereocenters. The molecule has 1 saturated heterocycles. The third-order valence-electron chi connectivity index (χ3n) is 6.04. The molecule has 0 radical (unpaired) electrons. The predicted octanol–water partition coefficient (Wildman–Crippen LogP) is 2.53. The molecule has 0 saturated carbocycles. The van der Waals surface area contributed by atoms with Crippen LogP contribution in [0.2, 0.25) is 0 Å². The second kappa shape index (κ2) is 7.67. The number of hydrogen-bond donors (Lipinski definition) is 1. The zero-order valence-corrected chi connectivity index (χ0v) is 17.6. The van der Waals surface area contributed by atoms with Gasteiger partial charge in [0.15, 0.2) is 0 Å². The summed E-state index contributed by atoms with van der Waals surface area (Å²) in [6.45, 7) is 0.268. The Morgan fingerprint density at radius 2 is 1.94 bits per heavy atom. The van der Waals surface area contributed by atoms with Crippen LogP contribution in [0, 0.1) is 17.1 Å². The van der Waals surface area contributed by atoms with Crippen LogP contribution in [0.3, 0.4) is 0 Å². The highest BCUT2D eigenvalue weighted by molar-refractivity contribution is 6.05. The Hall–Kier alpha value is -4.32. The molecule has 1 N–H and O–H groups in total. The highest BCUT2D eigenvalue weighted by Crippen LogP contribution is 2.32. The van der Waals surface area contributed by atoms with E-state index in [0.29, 0.717) is 29.1 Å². The summed E-state index contributed by atoms with van der Waals surface area (Å²) in [5.74, 6) is -0.987. The van der Waals surface area contributed by atoms with Crippen molar-refractivity contribution in [2.45, 2.75) is 25.4 Å². The standard InChI is InChI=1S/C24H18FN5O3/c1-29-12-19(27-22(29)17-5-3-16(25)9-14(17)10-26)13-2-4-18-15(8-13)11-30(24(18)33)20-6-7-21(31)28-23(20)32/h2-5,8-9,12,20H,6-7,11H2,1H3,(H,28,31,32). The summed E-state index contributed by atoms with van der Waals surface area (Å²) in [5, 5.41) is 11.7. The zero-order valence-electron chi connectivity index (χ0n) is 17.6. The lowest BCUT2D eigenvalue weighted by Gasteiger charge is -2.29. The van der Waals surface area contributed by atoms with Crippen molar-refractivity contribution in [1.82, 2.24) is 19.8 Å². The van der Waals surface area contributed by atoms with E-state index in [2.05, 4.69) is 10.3 Å². The van der Waals surface area contributed by atoms with Gasteiger partial charge >= 0.3 is 0 Å². The number of benzene rings is 2. The maximum Gasteiger partial charge on any atom is 0.255 e. The molecule has 2 aromatic carbocycles. The number of hydrogen-bond acceptors (Lipinski definition) is 5. The van der Waals surface area contributed by atoms with Gasteiger partial charge in [0.05, 0.1) is 17.3 Å². The Labute approximate surface area is 188 Å². The van der Waals surface area contributed by atoms with E-state index in [0.717, 1.165) is 11.1 Å². The van der Waals surface area contributed by atoms with Crippen molar-refractivity contribution in [3.05, 3.63) is 65.1 Å². The molecule has 1 aromatic heterocycles. The molecular weight excluding hydrogens is 425 g/mol. The number of imidazole rings is 1. The Balaban J connectivity index is 1.46. The topological polar surface area (TPSA) is 108 Å². The van der Waals surface area contributed by atoms with Gasteiger partial charge in [0, 0.05) is 42.9 Å². The predicted molar refractivity (Wildman–Crippen MR) is 115 cm³/mol. The van der Waals surface area contributed by atoms with Crippen LogP contribution in [0.1, 0.15) is 34.3 Å². The number of amides is 3. The minimum absolute atomic E-state index is 0.190. The molecule has 2 aliphatic heterocycles. The molecular formula is C24H18FN5O3. The number of carbonyl (C=O) groups excluding carboxylic acids is 3. The molecule has 164 valence electrons. The first-order valence-corrected chi connectivity index (χ1v) is 10.4. The summed E-state index contributed by atoms with van der Waals surface area (Å²) in [5.41, 5.74) is 3.41. The molecule has 0 spiro atoms. The minimum atomic E-state index is -0.671. The van der Waals surface area contributed by atoms with Crippen molar-refractivity contribution < 1.29 is 18.8 Å². The number of halogens is 1. The van der Waals surface area contributed by atoms with E-state index in [1.165, 1.54) is 23.1 Å². The molecule has 1 atom stereocenters. The number of fused-ring (bicyclic) bond motifs is 1. The van der Waals surface area contributed by atoms with Gasteiger partial charge in [0.25, 0.3) is 5.91 Å². The number of rotatable bonds is 3. The quantitative estimate of drug-likeness (QED) is 0.626. The molecule has 9 heteroatoms. The number of nitriles is 1. The normalized spacial score (nSPS) is 17.7. The molecule has 0 bridgehead atoms. The summed E-state index contributed by atoms with van der Waals surface area (Å²) < 4.78 is 15.3. The van der Waals surface area contributed by atoms with Gasteiger partial charge in [-0.05, 0) is 42.3 Å². The molecule has 0 aliphatic carbocycles. The first-order chi connectivity index (χ1) is 15.9. The third kappa shape index (κ3) is 3.46. The fraction of sp³-hybridized carbons (Fsp3) is 0.208. The Kier molecular flexibility index (Phi) is 4.78. The highest BCUT2D eigenvalue weighted by Gasteiger charge is 2.39. The number of aryl methyl sites for hydroxylation is 1. The van der Waals surface area contributed by atoms with E-state index in [-0.39, 0.29) is 30.3 Å². The van der Waals surface area contributed by atoms with Gasteiger partial charge in [-0.25, -0.2) is 9.37 Å². The van der Waals surface area contributed by atoms with Gasteiger partial charge in [-0.1, -0.05) is 6.07 Å². The van der Waals surface area contributed by atoms with Crippen molar-refractivity contribution in [3.63, 3.8) is 0 Å². The van der Waals surface area contributed by atoms with Gasteiger partial charge in [-0.15, -0.1) is 0 Å². The van der Waals surface area contributed by atoms with Crippen molar-refractivity contribution in [2.75, 3.05) is 0 Å². The fourth-order valence-corrected chi connectivity index (χ4v) is 4.39. The second-order valence-electron chi connectivity index (χ2n) is 8.13. The summed E-state index contributed by atoms with van der Waals surface area (Å²) in [6.07, 6.45) is 2.31. The molecule has 8 nitrogen and oxygen atoms in total. The zero-order chi connectivity index (χ0) is 23.3. The number of nitrogens with one attached hydrogen (secondary N) is 1. The van der Waals surface area contributed by atoms with Crippen molar-refractivity contribution in [3.8, 4) is 28.7 Å². The monoisotopic (exact) mass is 443 g/mol.